The summed E-state index contributed by atoms with van der Waals surface area (Å²) in [6.45, 7) is 3.58. The van der Waals surface area contributed by atoms with E-state index in [-0.39, 0.29) is 6.42 Å². The first kappa shape index (κ1) is 16.9. The van der Waals surface area contributed by atoms with E-state index >= 15 is 0 Å². The number of hydrogen-bond donors (Lipinski definition) is 2. The van der Waals surface area contributed by atoms with Gasteiger partial charge in [0.05, 0.1) is 6.42 Å². The van der Waals surface area contributed by atoms with Crippen molar-refractivity contribution >= 4 is 23.6 Å². The van der Waals surface area contributed by atoms with E-state index in [4.69, 9.17) is 0 Å². The summed E-state index contributed by atoms with van der Waals surface area (Å²) in [5, 5.41) is 11.8. The van der Waals surface area contributed by atoms with Crippen molar-refractivity contribution in [2.45, 2.75) is 51.1 Å². The summed E-state index contributed by atoms with van der Waals surface area (Å²) in [6.07, 6.45) is 8.59. The fourth-order valence-corrected chi connectivity index (χ4v) is 2.66. The molecule has 0 aromatic rings. The number of carboxylic acids is 1. The number of aliphatic carboxylic acids is 1. The van der Waals surface area contributed by atoms with Crippen LogP contribution < -0.4 is 5.32 Å². The number of aliphatic imine (C=N–C) groups is 1. The number of rotatable bonds is 6. The molecule has 2 aliphatic rings. The second-order valence-electron chi connectivity index (χ2n) is 5.89. The molecule has 2 atom stereocenters. The molecule has 0 spiro atoms. The van der Waals surface area contributed by atoms with Gasteiger partial charge in [0.2, 0.25) is 5.91 Å². The Kier molecular flexibility index (Phi) is 4.98. The number of unbranched alkanes of at least 4 members (excludes halogenated alkanes) is 1. The molecule has 124 valence electrons. The number of amides is 2. The van der Waals surface area contributed by atoms with E-state index in [9.17, 15) is 19.5 Å². The monoisotopic (exact) mass is 319 g/mol. The van der Waals surface area contributed by atoms with Gasteiger partial charge in [-0.2, -0.15) is 4.99 Å². The number of fused-ring (bicyclic) bond motifs is 1. The van der Waals surface area contributed by atoms with Gasteiger partial charge in [-0.1, -0.05) is 25.8 Å². The van der Waals surface area contributed by atoms with E-state index in [0.717, 1.165) is 6.42 Å². The minimum Gasteiger partial charge on any atom is -0.480 e. The molecule has 2 amide bonds. The molecule has 2 heterocycles. The number of amidine groups is 1. The molecular weight excluding hydrogens is 298 g/mol. The molecule has 0 radical (unpaired) electrons. The summed E-state index contributed by atoms with van der Waals surface area (Å²) in [7, 11) is 0. The number of nitrogens with zero attached hydrogens (tertiary/aromatic N) is 2. The van der Waals surface area contributed by atoms with Crippen LogP contribution in [0.5, 0.6) is 0 Å². The van der Waals surface area contributed by atoms with E-state index in [1.165, 1.54) is 0 Å². The van der Waals surface area contributed by atoms with Crippen LogP contribution in [0.1, 0.15) is 39.5 Å². The number of allylic oxidation sites excluding steroid dienone is 2. The number of carbonyl (C=O) groups excluding carboxylic acids is 2. The highest BCUT2D eigenvalue weighted by molar-refractivity contribution is 6.09. The molecule has 0 bridgehead atoms. The third-order valence-electron chi connectivity index (χ3n) is 4.04. The topological polar surface area (TPSA) is 99.1 Å². The summed E-state index contributed by atoms with van der Waals surface area (Å²) in [5.41, 5.74) is -1.19. The average molecular weight is 319 g/mol. The predicted octanol–water partition coefficient (Wildman–Crippen LogP) is 1.22. The van der Waals surface area contributed by atoms with Crippen LogP contribution in [0.3, 0.4) is 0 Å². The largest absolute Gasteiger partial charge is 0.480 e. The lowest BCUT2D eigenvalue weighted by Crippen LogP contribution is -2.61. The normalized spacial score (nSPS) is 24.0. The van der Waals surface area contributed by atoms with Crippen molar-refractivity contribution in [3.05, 3.63) is 24.4 Å². The SMILES string of the molecule is CCCCC(NC(=O)C1(C)CC(=O)N=C2C=CC=CN21)C(=O)O. The van der Waals surface area contributed by atoms with Crippen molar-refractivity contribution in [1.82, 2.24) is 10.2 Å². The summed E-state index contributed by atoms with van der Waals surface area (Å²) in [6, 6.07) is -0.957. The molecular formula is C16H21N3O4. The van der Waals surface area contributed by atoms with Crippen LogP contribution in [0.25, 0.3) is 0 Å². The first-order chi connectivity index (χ1) is 10.9. The maximum Gasteiger partial charge on any atom is 0.326 e. The van der Waals surface area contributed by atoms with Crippen LogP contribution in [-0.4, -0.2) is 45.2 Å². The van der Waals surface area contributed by atoms with Crippen LogP contribution in [0.15, 0.2) is 29.4 Å². The van der Waals surface area contributed by atoms with Gasteiger partial charge in [0.25, 0.3) is 5.91 Å². The molecule has 7 nitrogen and oxygen atoms in total. The summed E-state index contributed by atoms with van der Waals surface area (Å²) >= 11 is 0. The van der Waals surface area contributed by atoms with Crippen molar-refractivity contribution in [2.24, 2.45) is 4.99 Å². The first-order valence-electron chi connectivity index (χ1n) is 7.68. The van der Waals surface area contributed by atoms with Gasteiger partial charge >= 0.3 is 5.97 Å². The van der Waals surface area contributed by atoms with E-state index < -0.39 is 29.4 Å². The molecule has 0 aliphatic carbocycles. The van der Waals surface area contributed by atoms with Gasteiger partial charge in [0.15, 0.2) is 0 Å². The molecule has 0 fully saturated rings. The molecule has 2 unspecified atom stereocenters. The molecule has 2 N–H and O–H groups in total. The molecule has 23 heavy (non-hydrogen) atoms. The van der Waals surface area contributed by atoms with E-state index in [0.29, 0.717) is 18.7 Å². The van der Waals surface area contributed by atoms with Crippen LogP contribution in [0.2, 0.25) is 0 Å². The van der Waals surface area contributed by atoms with Crippen LogP contribution in [0, 0.1) is 0 Å². The van der Waals surface area contributed by atoms with Gasteiger partial charge in [-0.15, -0.1) is 0 Å². The highest BCUT2D eigenvalue weighted by Gasteiger charge is 2.46. The van der Waals surface area contributed by atoms with Crippen molar-refractivity contribution in [3.63, 3.8) is 0 Å². The van der Waals surface area contributed by atoms with E-state index in [1.807, 2.05) is 6.92 Å². The zero-order valence-electron chi connectivity index (χ0n) is 13.3. The smallest absolute Gasteiger partial charge is 0.326 e. The van der Waals surface area contributed by atoms with E-state index in [1.54, 1.807) is 36.3 Å². The maximum absolute atomic E-state index is 12.7. The Balaban J connectivity index is 2.21. The Morgan fingerprint density at radius 1 is 1.48 bits per heavy atom. The number of hydrogen-bond acceptors (Lipinski definition) is 4. The number of nitrogens with one attached hydrogen (secondary N) is 1. The van der Waals surface area contributed by atoms with Gasteiger partial charge in [0.1, 0.15) is 17.4 Å². The maximum atomic E-state index is 12.7. The zero-order valence-corrected chi connectivity index (χ0v) is 13.3. The average Bonchev–Trinajstić information content (AvgIpc) is 2.50. The lowest BCUT2D eigenvalue weighted by atomic mass is 9.90. The molecule has 0 saturated carbocycles. The van der Waals surface area contributed by atoms with Crippen molar-refractivity contribution in [3.8, 4) is 0 Å². The minimum atomic E-state index is -1.19. The van der Waals surface area contributed by atoms with Crippen molar-refractivity contribution < 1.29 is 19.5 Å². The number of carboxylic acid groups (broad SMARTS) is 1. The highest BCUT2D eigenvalue weighted by Crippen LogP contribution is 2.28. The van der Waals surface area contributed by atoms with Crippen LogP contribution in [0.4, 0.5) is 0 Å². The standard InChI is InChI=1S/C16H21N3O4/c1-3-4-7-11(14(21)22)17-15(23)16(2)10-13(20)18-12-8-5-6-9-19(12)16/h5-6,8-9,11H,3-4,7,10H2,1-2H3,(H,17,23)(H,21,22). The van der Waals surface area contributed by atoms with Gasteiger partial charge in [-0.3, -0.25) is 9.59 Å². The molecule has 7 heteroatoms. The van der Waals surface area contributed by atoms with Gasteiger partial charge in [-0.05, 0) is 25.5 Å². The Labute approximate surface area is 134 Å². The highest BCUT2D eigenvalue weighted by atomic mass is 16.4. The fraction of sp³-hybridized carbons (Fsp3) is 0.500. The Morgan fingerprint density at radius 3 is 2.87 bits per heavy atom. The van der Waals surface area contributed by atoms with Crippen molar-refractivity contribution in [1.29, 1.82) is 0 Å². The lowest BCUT2D eigenvalue weighted by molar-refractivity contribution is -0.144. The second-order valence-corrected chi connectivity index (χ2v) is 5.89. The molecule has 2 rings (SSSR count). The Bertz CT molecular complexity index is 608. The molecule has 0 aromatic carbocycles. The van der Waals surface area contributed by atoms with Crippen LogP contribution >= 0.6 is 0 Å². The zero-order chi connectivity index (χ0) is 17.0. The van der Waals surface area contributed by atoms with Gasteiger partial charge in [0, 0.05) is 6.20 Å². The minimum absolute atomic E-state index is 0.0966. The third kappa shape index (κ3) is 3.49. The quantitative estimate of drug-likeness (QED) is 0.767. The Morgan fingerprint density at radius 2 is 2.22 bits per heavy atom. The van der Waals surface area contributed by atoms with E-state index in [2.05, 4.69) is 10.3 Å². The summed E-state index contributed by atoms with van der Waals surface area (Å²) < 4.78 is 0. The number of carbonyl (C=O) groups is 3. The summed E-state index contributed by atoms with van der Waals surface area (Å²) in [4.78, 5) is 41.4. The molecule has 2 aliphatic heterocycles. The summed E-state index contributed by atoms with van der Waals surface area (Å²) in [5.74, 6) is -1.56. The van der Waals surface area contributed by atoms with Crippen molar-refractivity contribution in [2.75, 3.05) is 0 Å². The lowest BCUT2D eigenvalue weighted by Gasteiger charge is -2.42. The first-order valence-corrected chi connectivity index (χ1v) is 7.68. The second kappa shape index (κ2) is 6.76. The fourth-order valence-electron chi connectivity index (χ4n) is 2.66. The van der Waals surface area contributed by atoms with Gasteiger partial charge in [-0.25, -0.2) is 4.79 Å². The molecule has 0 saturated heterocycles. The van der Waals surface area contributed by atoms with Crippen LogP contribution in [-0.2, 0) is 14.4 Å². The third-order valence-corrected chi connectivity index (χ3v) is 4.04. The predicted molar refractivity (Wildman–Crippen MR) is 84.7 cm³/mol. The molecule has 0 aromatic heterocycles. The van der Waals surface area contributed by atoms with Gasteiger partial charge < -0.3 is 15.3 Å². The Hall–Kier alpha value is -2.44.